The molecule has 0 aliphatic carbocycles. The lowest BCUT2D eigenvalue weighted by molar-refractivity contribution is 0.0690. The topological polar surface area (TPSA) is 92.3 Å². The summed E-state index contributed by atoms with van der Waals surface area (Å²) >= 11 is 0. The Labute approximate surface area is 129 Å². The highest BCUT2D eigenvalue weighted by atomic mass is 16.4. The molecule has 3 N–H and O–H groups in total. The van der Waals surface area contributed by atoms with Crippen LogP contribution in [0.25, 0.3) is 11.4 Å². The summed E-state index contributed by atoms with van der Waals surface area (Å²) < 4.78 is 0. The number of carboxylic acid groups (broad SMARTS) is 1. The molecular weight excluding hydrogens is 280 g/mol. The third kappa shape index (κ3) is 3.79. The Morgan fingerprint density at radius 2 is 1.95 bits per heavy atom. The molecule has 2 rings (SSSR count). The summed E-state index contributed by atoms with van der Waals surface area (Å²) in [5.41, 5.74) is 6.42. The third-order valence-corrected chi connectivity index (χ3v) is 3.18. The molecule has 1 aromatic carbocycles. The first kappa shape index (κ1) is 15.9. The zero-order valence-corrected chi connectivity index (χ0v) is 12.6. The number of nitrogens with two attached hydrogens (primary N) is 1. The number of aromatic carboxylic acids is 1. The van der Waals surface area contributed by atoms with E-state index in [0.717, 1.165) is 18.5 Å². The molecule has 116 valence electrons. The van der Waals surface area contributed by atoms with Crippen LogP contribution in [0.15, 0.2) is 36.4 Å². The zero-order valence-electron chi connectivity index (χ0n) is 12.6. The molecule has 0 saturated heterocycles. The average Bonchev–Trinajstić information content (AvgIpc) is 2.55. The molecule has 0 fully saturated rings. The normalized spacial score (nSPS) is 10.5. The molecule has 0 saturated carbocycles. The Balaban J connectivity index is 2.49. The first-order valence-corrected chi connectivity index (χ1v) is 7.28. The van der Waals surface area contributed by atoms with Crippen LogP contribution < -0.4 is 10.6 Å². The van der Waals surface area contributed by atoms with Crippen molar-refractivity contribution in [3.63, 3.8) is 0 Å². The molecule has 0 aliphatic heterocycles. The smallest absolute Gasteiger partial charge is 0.354 e. The fraction of sp³-hybridized carbons (Fsp3) is 0.312. The summed E-state index contributed by atoms with van der Waals surface area (Å²) in [7, 11) is 0. The van der Waals surface area contributed by atoms with E-state index in [-0.39, 0.29) is 5.69 Å². The van der Waals surface area contributed by atoms with Crippen molar-refractivity contribution in [1.82, 2.24) is 9.97 Å². The van der Waals surface area contributed by atoms with E-state index < -0.39 is 5.97 Å². The lowest BCUT2D eigenvalue weighted by atomic mass is 10.2. The summed E-state index contributed by atoms with van der Waals surface area (Å²) in [6.45, 7) is 3.92. The predicted molar refractivity (Wildman–Crippen MR) is 86.0 cm³/mol. The van der Waals surface area contributed by atoms with Crippen molar-refractivity contribution < 1.29 is 9.90 Å². The van der Waals surface area contributed by atoms with Gasteiger partial charge in [-0.2, -0.15) is 0 Å². The van der Waals surface area contributed by atoms with E-state index in [4.69, 9.17) is 5.73 Å². The summed E-state index contributed by atoms with van der Waals surface area (Å²) in [6.07, 6.45) is 0.924. The van der Waals surface area contributed by atoms with E-state index in [0.29, 0.717) is 24.7 Å². The van der Waals surface area contributed by atoms with Crippen molar-refractivity contribution in [2.45, 2.75) is 13.3 Å². The van der Waals surface area contributed by atoms with Gasteiger partial charge in [0.05, 0.1) is 0 Å². The lowest BCUT2D eigenvalue weighted by Crippen LogP contribution is -2.31. The van der Waals surface area contributed by atoms with Crippen LogP contribution in [0.1, 0.15) is 23.8 Å². The molecule has 0 bridgehead atoms. The Kier molecular flexibility index (Phi) is 5.43. The van der Waals surface area contributed by atoms with Crippen molar-refractivity contribution in [3.05, 3.63) is 42.1 Å². The van der Waals surface area contributed by atoms with Crippen LogP contribution in [0.4, 0.5) is 5.82 Å². The second-order valence-corrected chi connectivity index (χ2v) is 4.88. The maximum atomic E-state index is 11.3. The van der Waals surface area contributed by atoms with Crippen LogP contribution in [0.3, 0.4) is 0 Å². The molecule has 2 aromatic rings. The van der Waals surface area contributed by atoms with Gasteiger partial charge in [0.2, 0.25) is 0 Å². The second-order valence-electron chi connectivity index (χ2n) is 4.88. The molecule has 1 aromatic heterocycles. The highest BCUT2D eigenvalue weighted by molar-refractivity contribution is 5.87. The summed E-state index contributed by atoms with van der Waals surface area (Å²) in [5.74, 6) is -0.0581. The number of carbonyl (C=O) groups is 1. The van der Waals surface area contributed by atoms with Gasteiger partial charge in [0.1, 0.15) is 5.82 Å². The fourth-order valence-corrected chi connectivity index (χ4v) is 2.19. The lowest BCUT2D eigenvalue weighted by Gasteiger charge is -2.23. The van der Waals surface area contributed by atoms with Gasteiger partial charge >= 0.3 is 5.97 Å². The number of benzene rings is 1. The Hall–Kier alpha value is -2.47. The van der Waals surface area contributed by atoms with Gasteiger partial charge in [-0.3, -0.25) is 0 Å². The number of aromatic nitrogens is 2. The van der Waals surface area contributed by atoms with Crippen molar-refractivity contribution in [2.75, 3.05) is 24.5 Å². The molecular formula is C16H20N4O2. The first-order valence-electron chi connectivity index (χ1n) is 7.28. The largest absolute Gasteiger partial charge is 0.477 e. The van der Waals surface area contributed by atoms with Gasteiger partial charge in [0.25, 0.3) is 0 Å². The molecule has 6 heteroatoms. The Morgan fingerprint density at radius 1 is 1.23 bits per heavy atom. The first-order chi connectivity index (χ1) is 10.7. The van der Waals surface area contributed by atoms with Crippen molar-refractivity contribution >= 4 is 11.8 Å². The second kappa shape index (κ2) is 7.51. The van der Waals surface area contributed by atoms with Crippen molar-refractivity contribution in [1.29, 1.82) is 0 Å². The van der Waals surface area contributed by atoms with Crippen LogP contribution in [0.5, 0.6) is 0 Å². The van der Waals surface area contributed by atoms with Gasteiger partial charge in [-0.1, -0.05) is 37.3 Å². The highest BCUT2D eigenvalue weighted by Crippen LogP contribution is 2.20. The van der Waals surface area contributed by atoms with Gasteiger partial charge in [0, 0.05) is 31.3 Å². The maximum absolute atomic E-state index is 11.3. The number of anilines is 1. The molecule has 0 spiro atoms. The number of nitrogens with zero attached hydrogens (tertiary/aromatic N) is 3. The van der Waals surface area contributed by atoms with E-state index in [9.17, 15) is 9.90 Å². The van der Waals surface area contributed by atoms with E-state index >= 15 is 0 Å². The summed E-state index contributed by atoms with van der Waals surface area (Å²) in [6, 6.07) is 10.9. The minimum absolute atomic E-state index is 0.0121. The van der Waals surface area contributed by atoms with Crippen LogP contribution in [0.2, 0.25) is 0 Å². The van der Waals surface area contributed by atoms with E-state index in [1.807, 2.05) is 35.2 Å². The SMILES string of the molecule is CCCN(CCN)c1cc(C(=O)O)nc(-c2ccccc2)n1. The Morgan fingerprint density at radius 3 is 2.55 bits per heavy atom. The van der Waals surface area contributed by atoms with Gasteiger partial charge in [-0.15, -0.1) is 0 Å². The molecule has 22 heavy (non-hydrogen) atoms. The van der Waals surface area contributed by atoms with Crippen molar-refractivity contribution in [3.8, 4) is 11.4 Å². The number of carboxylic acids is 1. The quantitative estimate of drug-likeness (QED) is 0.812. The van der Waals surface area contributed by atoms with Gasteiger partial charge in [-0.25, -0.2) is 14.8 Å². The fourth-order valence-electron chi connectivity index (χ4n) is 2.19. The van der Waals surface area contributed by atoms with E-state index in [1.165, 1.54) is 6.07 Å². The van der Waals surface area contributed by atoms with Crippen LogP contribution in [-0.2, 0) is 0 Å². The van der Waals surface area contributed by atoms with Gasteiger partial charge in [-0.05, 0) is 6.42 Å². The minimum Gasteiger partial charge on any atom is -0.477 e. The van der Waals surface area contributed by atoms with Crippen LogP contribution in [0, 0.1) is 0 Å². The Bertz CT molecular complexity index is 625. The number of hydrogen-bond acceptors (Lipinski definition) is 5. The molecule has 6 nitrogen and oxygen atoms in total. The zero-order chi connectivity index (χ0) is 15.9. The van der Waals surface area contributed by atoms with Crippen molar-refractivity contribution in [2.24, 2.45) is 5.73 Å². The van der Waals surface area contributed by atoms with E-state index in [2.05, 4.69) is 16.9 Å². The average molecular weight is 300 g/mol. The van der Waals surface area contributed by atoms with Gasteiger partial charge < -0.3 is 15.7 Å². The minimum atomic E-state index is -1.06. The number of rotatable bonds is 7. The van der Waals surface area contributed by atoms with Crippen LogP contribution in [-0.4, -0.2) is 40.7 Å². The summed E-state index contributed by atoms with van der Waals surface area (Å²) in [5, 5.41) is 9.29. The molecule has 0 aliphatic rings. The standard InChI is InChI=1S/C16H20N4O2/c1-2-9-20(10-8-17)14-11-13(16(21)22)18-15(19-14)12-6-4-3-5-7-12/h3-7,11H,2,8-10,17H2,1H3,(H,21,22). The molecule has 0 atom stereocenters. The third-order valence-electron chi connectivity index (χ3n) is 3.18. The summed E-state index contributed by atoms with van der Waals surface area (Å²) in [4.78, 5) is 22.0. The van der Waals surface area contributed by atoms with E-state index in [1.54, 1.807) is 0 Å². The highest BCUT2D eigenvalue weighted by Gasteiger charge is 2.15. The van der Waals surface area contributed by atoms with Crippen LogP contribution >= 0.6 is 0 Å². The molecule has 0 amide bonds. The maximum Gasteiger partial charge on any atom is 0.354 e. The predicted octanol–water partition coefficient (Wildman–Crippen LogP) is 2.02. The molecule has 0 unspecified atom stereocenters. The molecule has 0 radical (unpaired) electrons. The molecule has 1 heterocycles. The monoisotopic (exact) mass is 300 g/mol. The number of hydrogen-bond donors (Lipinski definition) is 2. The van der Waals surface area contributed by atoms with Gasteiger partial charge in [0.15, 0.2) is 11.5 Å².